The predicted molar refractivity (Wildman–Crippen MR) is 74.6 cm³/mol. The van der Waals surface area contributed by atoms with E-state index in [-0.39, 0.29) is 6.10 Å². The summed E-state index contributed by atoms with van der Waals surface area (Å²) in [5, 5.41) is 4.02. The maximum Gasteiger partial charge on any atom is 0.255 e. The average Bonchev–Trinajstić information content (AvgIpc) is 3.17. The maximum absolute atomic E-state index is 5.54. The van der Waals surface area contributed by atoms with Crippen LogP contribution in [0.3, 0.4) is 0 Å². The van der Waals surface area contributed by atoms with Gasteiger partial charge in [0.2, 0.25) is 0 Å². The molecule has 1 aliphatic heterocycles. The van der Waals surface area contributed by atoms with E-state index >= 15 is 0 Å². The molecule has 1 saturated heterocycles. The van der Waals surface area contributed by atoms with Crippen molar-refractivity contribution in [2.45, 2.75) is 25.4 Å². The highest BCUT2D eigenvalue weighted by Gasteiger charge is 2.23. The molecule has 2 aromatic rings. The molecule has 6 nitrogen and oxygen atoms in total. The molecule has 6 heteroatoms. The van der Waals surface area contributed by atoms with Crippen molar-refractivity contribution in [2.75, 3.05) is 20.8 Å². The Labute approximate surface area is 123 Å². The van der Waals surface area contributed by atoms with Crippen LogP contribution in [-0.4, -0.2) is 31.0 Å². The van der Waals surface area contributed by atoms with Crippen molar-refractivity contribution in [2.24, 2.45) is 0 Å². The van der Waals surface area contributed by atoms with Gasteiger partial charge in [0.15, 0.2) is 17.3 Å². The van der Waals surface area contributed by atoms with Crippen LogP contribution in [0.1, 0.15) is 36.2 Å². The molecule has 3 rings (SSSR count). The van der Waals surface area contributed by atoms with Gasteiger partial charge in [0.1, 0.15) is 6.10 Å². The van der Waals surface area contributed by atoms with Gasteiger partial charge in [-0.25, -0.2) is 0 Å². The number of hydrogen-bond acceptors (Lipinski definition) is 6. The van der Waals surface area contributed by atoms with E-state index in [1.54, 1.807) is 14.2 Å². The predicted octanol–water partition coefficient (Wildman–Crippen LogP) is 2.53. The van der Waals surface area contributed by atoms with E-state index in [2.05, 4.69) is 10.1 Å². The van der Waals surface area contributed by atoms with Crippen molar-refractivity contribution >= 4 is 0 Å². The van der Waals surface area contributed by atoms with Gasteiger partial charge in [-0.15, -0.1) is 0 Å². The third-order valence-corrected chi connectivity index (χ3v) is 3.50. The molecule has 21 heavy (non-hydrogen) atoms. The van der Waals surface area contributed by atoms with Crippen LogP contribution in [0.4, 0.5) is 0 Å². The van der Waals surface area contributed by atoms with Crippen LogP contribution < -0.4 is 9.47 Å². The molecule has 112 valence electrons. The minimum Gasteiger partial charge on any atom is -0.493 e. The molecular weight excluding hydrogens is 272 g/mol. The summed E-state index contributed by atoms with van der Waals surface area (Å²) in [4.78, 5) is 4.41. The first-order valence-electron chi connectivity index (χ1n) is 6.95. The molecular formula is C15H18N2O4. The lowest BCUT2D eigenvalue weighted by Gasteiger charge is -2.08. The van der Waals surface area contributed by atoms with Crippen molar-refractivity contribution in [3.8, 4) is 11.5 Å². The van der Waals surface area contributed by atoms with Crippen molar-refractivity contribution < 1.29 is 18.7 Å². The van der Waals surface area contributed by atoms with E-state index in [0.717, 1.165) is 25.0 Å². The summed E-state index contributed by atoms with van der Waals surface area (Å²) < 4.78 is 21.3. The van der Waals surface area contributed by atoms with E-state index in [0.29, 0.717) is 29.6 Å². The maximum atomic E-state index is 5.54. The lowest BCUT2D eigenvalue weighted by atomic mass is 10.1. The molecule has 0 aliphatic carbocycles. The van der Waals surface area contributed by atoms with Gasteiger partial charge in [-0.1, -0.05) is 11.2 Å². The number of benzene rings is 1. The number of aromatic nitrogens is 2. The smallest absolute Gasteiger partial charge is 0.255 e. The second kappa shape index (κ2) is 6.13. The first-order valence-corrected chi connectivity index (χ1v) is 6.95. The Morgan fingerprint density at radius 1 is 1.24 bits per heavy atom. The normalized spacial score (nSPS) is 17.9. The van der Waals surface area contributed by atoms with Crippen LogP contribution in [0.25, 0.3) is 0 Å². The van der Waals surface area contributed by atoms with Crippen molar-refractivity contribution in [3.63, 3.8) is 0 Å². The molecule has 1 aromatic heterocycles. The summed E-state index contributed by atoms with van der Waals surface area (Å²) in [6.07, 6.45) is 2.52. The van der Waals surface area contributed by atoms with Crippen molar-refractivity contribution in [1.82, 2.24) is 10.1 Å². The summed E-state index contributed by atoms with van der Waals surface area (Å²) in [7, 11) is 3.23. The third kappa shape index (κ3) is 3.00. The Bertz CT molecular complexity index is 605. The van der Waals surface area contributed by atoms with Crippen molar-refractivity contribution in [3.05, 3.63) is 35.5 Å². The van der Waals surface area contributed by atoms with Crippen molar-refractivity contribution in [1.29, 1.82) is 0 Å². The fourth-order valence-electron chi connectivity index (χ4n) is 2.42. The Morgan fingerprint density at radius 3 is 2.81 bits per heavy atom. The van der Waals surface area contributed by atoms with Crippen LogP contribution in [-0.2, 0) is 11.2 Å². The first-order chi connectivity index (χ1) is 10.3. The number of nitrogens with zero attached hydrogens (tertiary/aromatic N) is 2. The number of methoxy groups -OCH3 is 2. The van der Waals surface area contributed by atoms with Gasteiger partial charge >= 0.3 is 0 Å². The molecule has 2 heterocycles. The molecule has 0 radical (unpaired) electrons. The van der Waals surface area contributed by atoms with Crippen LogP contribution in [0.2, 0.25) is 0 Å². The van der Waals surface area contributed by atoms with Gasteiger partial charge in [0.25, 0.3) is 5.89 Å². The molecule has 0 bridgehead atoms. The Hall–Kier alpha value is -2.08. The largest absolute Gasteiger partial charge is 0.493 e. The fourth-order valence-corrected chi connectivity index (χ4v) is 2.42. The summed E-state index contributed by atoms with van der Waals surface area (Å²) in [6, 6.07) is 5.75. The second-order valence-electron chi connectivity index (χ2n) is 4.92. The highest BCUT2D eigenvalue weighted by Crippen LogP contribution is 2.29. The van der Waals surface area contributed by atoms with Gasteiger partial charge in [-0.2, -0.15) is 4.98 Å². The van der Waals surface area contributed by atoms with E-state index < -0.39 is 0 Å². The summed E-state index contributed by atoms with van der Waals surface area (Å²) in [5.74, 6) is 2.61. The minimum absolute atomic E-state index is 0.0448. The minimum atomic E-state index is -0.0448. The van der Waals surface area contributed by atoms with E-state index in [1.165, 1.54) is 0 Å². The fraction of sp³-hybridized carbons (Fsp3) is 0.467. The monoisotopic (exact) mass is 290 g/mol. The van der Waals surface area contributed by atoms with Gasteiger partial charge in [-0.05, 0) is 30.5 Å². The van der Waals surface area contributed by atoms with Gasteiger partial charge < -0.3 is 18.7 Å². The Morgan fingerprint density at radius 2 is 2.10 bits per heavy atom. The van der Waals surface area contributed by atoms with Gasteiger partial charge in [0, 0.05) is 13.0 Å². The Balaban J connectivity index is 1.74. The van der Waals surface area contributed by atoms with Crippen LogP contribution in [0, 0.1) is 0 Å². The molecule has 1 aliphatic rings. The zero-order chi connectivity index (χ0) is 14.7. The summed E-state index contributed by atoms with van der Waals surface area (Å²) in [5.41, 5.74) is 1.03. The molecule has 0 saturated carbocycles. The zero-order valence-electron chi connectivity index (χ0n) is 12.2. The van der Waals surface area contributed by atoms with E-state index in [4.69, 9.17) is 18.7 Å². The number of hydrogen-bond donors (Lipinski definition) is 0. The zero-order valence-corrected chi connectivity index (χ0v) is 12.2. The average molecular weight is 290 g/mol. The molecule has 1 fully saturated rings. The highest BCUT2D eigenvalue weighted by molar-refractivity contribution is 5.43. The van der Waals surface area contributed by atoms with Crippen LogP contribution in [0.5, 0.6) is 11.5 Å². The quantitative estimate of drug-likeness (QED) is 0.843. The SMILES string of the molecule is COc1ccc(Cc2noc(C3CCCO3)n2)cc1OC. The molecule has 0 N–H and O–H groups in total. The second-order valence-corrected chi connectivity index (χ2v) is 4.92. The number of rotatable bonds is 5. The topological polar surface area (TPSA) is 66.6 Å². The Kier molecular flexibility index (Phi) is 4.06. The molecule has 1 unspecified atom stereocenters. The van der Waals surface area contributed by atoms with E-state index in [1.807, 2.05) is 18.2 Å². The summed E-state index contributed by atoms with van der Waals surface area (Å²) in [6.45, 7) is 0.762. The standard InChI is InChI=1S/C15H18N2O4/c1-18-11-6-5-10(8-13(11)19-2)9-14-16-15(21-17-14)12-4-3-7-20-12/h5-6,8,12H,3-4,7,9H2,1-2H3. The van der Waals surface area contributed by atoms with Crippen LogP contribution in [0.15, 0.2) is 22.7 Å². The molecule has 1 aromatic carbocycles. The summed E-state index contributed by atoms with van der Waals surface area (Å²) >= 11 is 0. The van der Waals surface area contributed by atoms with Gasteiger partial charge in [0.05, 0.1) is 14.2 Å². The molecule has 1 atom stereocenters. The lowest BCUT2D eigenvalue weighted by molar-refractivity contribution is 0.0835. The van der Waals surface area contributed by atoms with Gasteiger partial charge in [-0.3, -0.25) is 0 Å². The highest BCUT2D eigenvalue weighted by atomic mass is 16.5. The first kappa shape index (κ1) is 13.9. The lowest BCUT2D eigenvalue weighted by Crippen LogP contribution is -1.97. The third-order valence-electron chi connectivity index (χ3n) is 3.50. The molecule has 0 spiro atoms. The molecule has 0 amide bonds. The number of ether oxygens (including phenoxy) is 3. The van der Waals surface area contributed by atoms with Crippen LogP contribution >= 0.6 is 0 Å². The van der Waals surface area contributed by atoms with E-state index in [9.17, 15) is 0 Å².